The Bertz CT molecular complexity index is 1110. The van der Waals surface area contributed by atoms with Crippen LogP contribution in [0.15, 0.2) is 42.5 Å². The fourth-order valence-corrected chi connectivity index (χ4v) is 3.96. The fraction of sp³-hybridized carbons (Fsp3) is 0.190. The number of nitrogens with one attached hydrogen (secondary N) is 1. The van der Waals surface area contributed by atoms with Gasteiger partial charge in [-0.3, -0.25) is 14.9 Å². The van der Waals surface area contributed by atoms with Crippen molar-refractivity contribution in [1.82, 2.24) is 4.98 Å². The molecule has 0 aliphatic carbocycles. The number of likely N-dealkylation sites (N-methyl/N-ethyl adjacent to an activating group) is 1. The molecule has 2 aromatic carbocycles. The van der Waals surface area contributed by atoms with Crippen molar-refractivity contribution in [1.29, 1.82) is 0 Å². The maximum absolute atomic E-state index is 12.6. The SMILES string of the molecule is COc1ccccc1C(=O)Nc1nc(-c2ccc3c(c2)N(C)C(=O)CO3)c(C)s1. The molecule has 0 saturated carbocycles. The average Bonchev–Trinajstić information content (AvgIpc) is 3.10. The van der Waals surface area contributed by atoms with Gasteiger partial charge in [0.15, 0.2) is 11.7 Å². The highest BCUT2D eigenvalue weighted by atomic mass is 32.1. The van der Waals surface area contributed by atoms with Crippen LogP contribution in [0.2, 0.25) is 0 Å². The Morgan fingerprint density at radius 1 is 1.28 bits per heavy atom. The first-order valence-corrected chi connectivity index (χ1v) is 9.75. The van der Waals surface area contributed by atoms with Gasteiger partial charge in [0.1, 0.15) is 11.5 Å². The van der Waals surface area contributed by atoms with Crippen LogP contribution < -0.4 is 19.7 Å². The second-order valence-corrected chi connectivity index (χ2v) is 7.71. The maximum atomic E-state index is 12.6. The number of rotatable bonds is 4. The summed E-state index contributed by atoms with van der Waals surface area (Å²) in [6.45, 7) is 1.98. The van der Waals surface area contributed by atoms with Crippen LogP contribution in [0.1, 0.15) is 15.2 Å². The van der Waals surface area contributed by atoms with Crippen LogP contribution in [-0.4, -0.2) is 37.6 Å². The van der Waals surface area contributed by atoms with Crippen LogP contribution in [0, 0.1) is 6.92 Å². The van der Waals surface area contributed by atoms with Crippen LogP contribution in [0.5, 0.6) is 11.5 Å². The van der Waals surface area contributed by atoms with Crippen LogP contribution in [-0.2, 0) is 4.79 Å². The Kier molecular flexibility index (Phi) is 4.94. The molecule has 0 saturated heterocycles. The molecule has 4 rings (SSSR count). The monoisotopic (exact) mass is 409 g/mol. The number of ether oxygens (including phenoxy) is 2. The highest BCUT2D eigenvalue weighted by molar-refractivity contribution is 7.16. The highest BCUT2D eigenvalue weighted by Crippen LogP contribution is 2.38. The molecule has 2 amide bonds. The van der Waals surface area contributed by atoms with E-state index in [9.17, 15) is 9.59 Å². The number of hydrogen-bond donors (Lipinski definition) is 1. The molecule has 0 unspecified atom stereocenters. The topological polar surface area (TPSA) is 80.8 Å². The minimum absolute atomic E-state index is 0.0394. The zero-order chi connectivity index (χ0) is 20.5. The fourth-order valence-electron chi connectivity index (χ4n) is 3.13. The Labute approximate surface area is 171 Å². The van der Waals surface area contributed by atoms with Gasteiger partial charge in [-0.2, -0.15) is 0 Å². The van der Waals surface area contributed by atoms with E-state index in [0.29, 0.717) is 27.9 Å². The molecule has 1 aliphatic rings. The van der Waals surface area contributed by atoms with Gasteiger partial charge in [-0.15, -0.1) is 11.3 Å². The summed E-state index contributed by atoms with van der Waals surface area (Å²) in [7, 11) is 3.25. The molecule has 0 fully saturated rings. The van der Waals surface area contributed by atoms with Crippen molar-refractivity contribution >= 4 is 34.0 Å². The summed E-state index contributed by atoms with van der Waals surface area (Å²) in [6, 6.07) is 12.6. The largest absolute Gasteiger partial charge is 0.496 e. The minimum Gasteiger partial charge on any atom is -0.496 e. The van der Waals surface area contributed by atoms with Gasteiger partial charge in [0, 0.05) is 17.5 Å². The van der Waals surface area contributed by atoms with Crippen molar-refractivity contribution in [3.05, 3.63) is 52.9 Å². The molecular formula is C21H19N3O4S. The summed E-state index contributed by atoms with van der Waals surface area (Å²) in [5.41, 5.74) is 2.74. The molecule has 0 atom stereocenters. The van der Waals surface area contributed by atoms with Gasteiger partial charge in [-0.05, 0) is 37.3 Å². The number of carbonyl (C=O) groups excluding carboxylic acids is 2. The molecule has 1 N–H and O–H groups in total. The maximum Gasteiger partial charge on any atom is 0.264 e. The van der Waals surface area contributed by atoms with Gasteiger partial charge in [0.2, 0.25) is 0 Å². The summed E-state index contributed by atoms with van der Waals surface area (Å²) in [6.07, 6.45) is 0. The van der Waals surface area contributed by atoms with Crippen LogP contribution in [0.25, 0.3) is 11.3 Å². The first kappa shape index (κ1) is 18.9. The molecule has 3 aromatic rings. The van der Waals surface area contributed by atoms with Crippen LogP contribution in [0.3, 0.4) is 0 Å². The third kappa shape index (κ3) is 3.54. The van der Waals surface area contributed by atoms with Gasteiger partial charge in [0.05, 0.1) is 24.1 Å². The van der Waals surface area contributed by atoms with Crippen molar-refractivity contribution in [2.75, 3.05) is 31.0 Å². The quantitative estimate of drug-likeness (QED) is 0.710. The summed E-state index contributed by atoms with van der Waals surface area (Å²) >= 11 is 1.39. The molecule has 0 spiro atoms. The number of hydrogen-bond acceptors (Lipinski definition) is 6. The lowest BCUT2D eigenvalue weighted by molar-refractivity contribution is -0.120. The van der Waals surface area contributed by atoms with E-state index >= 15 is 0 Å². The molecule has 8 heteroatoms. The predicted octanol–water partition coefficient (Wildman–Crippen LogP) is 3.73. The number of thiazole rings is 1. The number of nitrogens with zero attached hydrogens (tertiary/aromatic N) is 2. The van der Waals surface area contributed by atoms with Crippen molar-refractivity contribution in [3.63, 3.8) is 0 Å². The Morgan fingerprint density at radius 3 is 2.86 bits per heavy atom. The summed E-state index contributed by atoms with van der Waals surface area (Å²) < 4.78 is 10.7. The van der Waals surface area contributed by atoms with E-state index in [0.717, 1.165) is 16.1 Å². The van der Waals surface area contributed by atoms with Crippen molar-refractivity contribution in [2.24, 2.45) is 0 Å². The summed E-state index contributed by atoms with van der Waals surface area (Å²) in [5, 5.41) is 3.33. The van der Waals surface area contributed by atoms with E-state index < -0.39 is 0 Å². The lowest BCUT2D eigenvalue weighted by Crippen LogP contribution is -2.35. The molecule has 29 heavy (non-hydrogen) atoms. The number of para-hydroxylation sites is 1. The Hall–Kier alpha value is -3.39. The lowest BCUT2D eigenvalue weighted by atomic mass is 10.1. The van der Waals surface area contributed by atoms with E-state index in [-0.39, 0.29) is 18.4 Å². The summed E-state index contributed by atoms with van der Waals surface area (Å²) in [5.74, 6) is 0.774. The Morgan fingerprint density at radius 2 is 2.07 bits per heavy atom. The third-order valence-electron chi connectivity index (χ3n) is 4.69. The molecule has 148 valence electrons. The molecule has 0 bridgehead atoms. The van der Waals surface area contributed by atoms with Gasteiger partial charge in [0.25, 0.3) is 11.8 Å². The van der Waals surface area contributed by atoms with Gasteiger partial charge >= 0.3 is 0 Å². The van der Waals surface area contributed by atoms with Crippen molar-refractivity contribution in [2.45, 2.75) is 6.92 Å². The number of fused-ring (bicyclic) bond motifs is 1. The average molecular weight is 409 g/mol. The molecule has 2 heterocycles. The number of carbonyl (C=O) groups is 2. The van der Waals surface area contributed by atoms with Crippen molar-refractivity contribution < 1.29 is 19.1 Å². The van der Waals surface area contributed by atoms with Crippen LogP contribution in [0.4, 0.5) is 10.8 Å². The van der Waals surface area contributed by atoms with Gasteiger partial charge in [-0.1, -0.05) is 12.1 Å². The van der Waals surface area contributed by atoms with E-state index in [1.54, 1.807) is 30.1 Å². The number of aryl methyl sites for hydroxylation is 1. The Balaban J connectivity index is 1.62. The van der Waals surface area contributed by atoms with E-state index in [1.165, 1.54) is 18.4 Å². The number of anilines is 2. The molecule has 1 aliphatic heterocycles. The first-order valence-electron chi connectivity index (χ1n) is 8.93. The zero-order valence-corrected chi connectivity index (χ0v) is 17.0. The van der Waals surface area contributed by atoms with E-state index in [4.69, 9.17) is 9.47 Å². The van der Waals surface area contributed by atoms with E-state index in [2.05, 4.69) is 10.3 Å². The molecule has 1 aromatic heterocycles. The smallest absolute Gasteiger partial charge is 0.264 e. The number of aromatic nitrogens is 1. The summed E-state index contributed by atoms with van der Waals surface area (Å²) in [4.78, 5) is 31.7. The lowest BCUT2D eigenvalue weighted by Gasteiger charge is -2.26. The third-order valence-corrected chi connectivity index (χ3v) is 5.57. The first-order chi connectivity index (χ1) is 14.0. The molecule has 7 nitrogen and oxygen atoms in total. The predicted molar refractivity (Wildman–Crippen MR) is 112 cm³/mol. The van der Waals surface area contributed by atoms with E-state index in [1.807, 2.05) is 31.2 Å². The van der Waals surface area contributed by atoms with Gasteiger partial charge < -0.3 is 14.4 Å². The second-order valence-electron chi connectivity index (χ2n) is 6.50. The van der Waals surface area contributed by atoms with Crippen molar-refractivity contribution in [3.8, 4) is 22.8 Å². The zero-order valence-electron chi connectivity index (χ0n) is 16.2. The highest BCUT2D eigenvalue weighted by Gasteiger charge is 2.23. The number of methoxy groups -OCH3 is 1. The van der Waals surface area contributed by atoms with Gasteiger partial charge in [-0.25, -0.2) is 4.98 Å². The molecular weight excluding hydrogens is 390 g/mol. The normalized spacial score (nSPS) is 12.9. The number of benzene rings is 2. The number of amides is 2. The standard InChI is InChI=1S/C21H19N3O4S/c1-12-19(13-8-9-17-15(10-13)24(2)18(25)11-28-17)22-21(29-12)23-20(26)14-6-4-5-7-16(14)27-3/h4-10H,11H2,1-3H3,(H,22,23,26). The van der Waals surface area contributed by atoms with Crippen LogP contribution >= 0.6 is 11.3 Å². The molecule has 0 radical (unpaired) electrons. The second kappa shape index (κ2) is 7.56. The minimum atomic E-state index is -0.285.